The summed E-state index contributed by atoms with van der Waals surface area (Å²) in [5, 5.41) is 0.512. The van der Waals surface area contributed by atoms with Crippen molar-refractivity contribution < 1.29 is 22.3 Å². The third kappa shape index (κ3) is 4.65. The second-order valence-corrected chi connectivity index (χ2v) is 3.33. The molecule has 0 aliphatic heterocycles. The minimum atomic E-state index is -4.28. The van der Waals surface area contributed by atoms with Gasteiger partial charge in [-0.3, -0.25) is 0 Å². The van der Waals surface area contributed by atoms with Crippen molar-refractivity contribution in [3.05, 3.63) is 17.8 Å². The first-order valence-electron chi connectivity index (χ1n) is 4.14. The highest BCUT2D eigenvalue weighted by atomic mass is 79.9. The summed E-state index contributed by atoms with van der Waals surface area (Å²) in [5.74, 6) is 0.550. The van der Waals surface area contributed by atoms with E-state index < -0.39 is 12.8 Å². The first-order chi connectivity index (χ1) is 7.03. The van der Waals surface area contributed by atoms with E-state index in [1.165, 1.54) is 6.39 Å². The summed E-state index contributed by atoms with van der Waals surface area (Å²) >= 11 is 3.18. The van der Waals surface area contributed by atoms with Gasteiger partial charge in [-0.25, -0.2) is 4.98 Å². The fourth-order valence-corrected chi connectivity index (χ4v) is 1.42. The number of aromatic nitrogens is 1. The molecule has 0 fully saturated rings. The summed E-state index contributed by atoms with van der Waals surface area (Å²) < 4.78 is 44.5. The molecule has 86 valence electrons. The van der Waals surface area contributed by atoms with Crippen LogP contribution >= 0.6 is 15.9 Å². The molecule has 7 heteroatoms. The van der Waals surface area contributed by atoms with Gasteiger partial charge in [0.1, 0.15) is 12.4 Å². The maximum absolute atomic E-state index is 11.7. The van der Waals surface area contributed by atoms with Crippen LogP contribution in [0.5, 0.6) is 0 Å². The Morgan fingerprint density at radius 2 is 2.20 bits per heavy atom. The highest BCUT2D eigenvalue weighted by Gasteiger charge is 2.27. The lowest BCUT2D eigenvalue weighted by atomic mass is 10.3. The monoisotopic (exact) mass is 287 g/mol. The fraction of sp³-hybridized carbons (Fsp3) is 0.625. The predicted octanol–water partition coefficient (Wildman–Crippen LogP) is 2.69. The number of hydrogen-bond acceptors (Lipinski definition) is 3. The molecule has 0 saturated carbocycles. The Balaban J connectivity index is 2.26. The molecule has 0 saturated heterocycles. The summed E-state index contributed by atoms with van der Waals surface area (Å²) in [6, 6.07) is 0. The topological polar surface area (TPSA) is 35.3 Å². The molecule has 1 aromatic heterocycles. The van der Waals surface area contributed by atoms with E-state index in [1.807, 2.05) is 0 Å². The van der Waals surface area contributed by atoms with E-state index in [1.54, 1.807) is 0 Å². The zero-order valence-electron chi connectivity index (χ0n) is 7.68. The molecule has 0 unspecified atom stereocenters. The van der Waals surface area contributed by atoms with Crippen LogP contribution in [0.15, 0.2) is 10.8 Å². The largest absolute Gasteiger partial charge is 0.448 e. The zero-order chi connectivity index (χ0) is 11.3. The zero-order valence-corrected chi connectivity index (χ0v) is 9.27. The summed E-state index contributed by atoms with van der Waals surface area (Å²) in [6.07, 6.45) is -2.73. The third-order valence-electron chi connectivity index (χ3n) is 1.59. The predicted molar refractivity (Wildman–Crippen MR) is 49.7 cm³/mol. The lowest BCUT2D eigenvalue weighted by Gasteiger charge is -2.06. The van der Waals surface area contributed by atoms with Crippen molar-refractivity contribution in [3.8, 4) is 0 Å². The smallest absolute Gasteiger partial charge is 0.411 e. The van der Waals surface area contributed by atoms with Gasteiger partial charge in [0.25, 0.3) is 0 Å². The molecule has 0 aromatic carbocycles. The van der Waals surface area contributed by atoms with Crippen LogP contribution in [0.2, 0.25) is 0 Å². The van der Waals surface area contributed by atoms with Gasteiger partial charge in [0.2, 0.25) is 0 Å². The summed E-state index contributed by atoms with van der Waals surface area (Å²) in [6.45, 7) is -1.26. The number of alkyl halides is 4. The van der Waals surface area contributed by atoms with E-state index in [9.17, 15) is 13.2 Å². The minimum Gasteiger partial charge on any atom is -0.448 e. The molecule has 0 bridgehead atoms. The molecule has 0 aliphatic carbocycles. The first-order valence-corrected chi connectivity index (χ1v) is 5.27. The molecule has 0 spiro atoms. The van der Waals surface area contributed by atoms with Crippen molar-refractivity contribution >= 4 is 15.9 Å². The molecule has 15 heavy (non-hydrogen) atoms. The molecular weight excluding hydrogens is 279 g/mol. The molecule has 0 radical (unpaired) electrons. The normalized spacial score (nSPS) is 12.0. The third-order valence-corrected chi connectivity index (χ3v) is 2.12. The van der Waals surface area contributed by atoms with Crippen LogP contribution in [0.1, 0.15) is 11.5 Å². The van der Waals surface area contributed by atoms with Gasteiger partial charge in [-0.15, -0.1) is 0 Å². The number of nitrogens with zero attached hydrogens (tertiary/aromatic N) is 1. The van der Waals surface area contributed by atoms with Gasteiger partial charge < -0.3 is 9.15 Å². The van der Waals surface area contributed by atoms with Crippen molar-refractivity contribution in [3.63, 3.8) is 0 Å². The molecule has 3 nitrogen and oxygen atoms in total. The van der Waals surface area contributed by atoms with Crippen LogP contribution in [-0.4, -0.2) is 24.4 Å². The van der Waals surface area contributed by atoms with Crippen molar-refractivity contribution in [1.82, 2.24) is 4.98 Å². The number of oxazole rings is 1. The maximum Gasteiger partial charge on any atom is 0.411 e. The van der Waals surface area contributed by atoms with Crippen LogP contribution in [0, 0.1) is 0 Å². The Morgan fingerprint density at radius 3 is 2.80 bits per heavy atom. The Morgan fingerprint density at radius 1 is 1.47 bits per heavy atom. The van der Waals surface area contributed by atoms with Crippen molar-refractivity contribution in [2.45, 2.75) is 17.9 Å². The second kappa shape index (κ2) is 5.50. The Kier molecular flexibility index (Phi) is 4.59. The van der Waals surface area contributed by atoms with Gasteiger partial charge in [0.05, 0.1) is 12.3 Å². The quantitative estimate of drug-likeness (QED) is 0.617. The minimum absolute atomic E-state index is 0.0330. The lowest BCUT2D eigenvalue weighted by Crippen LogP contribution is -2.18. The Bertz CT molecular complexity index is 300. The number of rotatable bonds is 5. The van der Waals surface area contributed by atoms with Gasteiger partial charge in [0.15, 0.2) is 6.39 Å². The average Bonchev–Trinajstić information content (AvgIpc) is 2.58. The number of hydrogen-bond donors (Lipinski definition) is 0. The molecule has 1 rings (SSSR count). The van der Waals surface area contributed by atoms with Gasteiger partial charge in [0, 0.05) is 11.8 Å². The summed E-state index contributed by atoms with van der Waals surface area (Å²) in [5.41, 5.74) is 0.686. The number of ether oxygens (including phenoxy) is 1. The molecule has 0 N–H and O–H groups in total. The van der Waals surface area contributed by atoms with E-state index in [4.69, 9.17) is 4.42 Å². The van der Waals surface area contributed by atoms with E-state index in [0.717, 1.165) is 0 Å². The maximum atomic E-state index is 11.7. The highest BCUT2D eigenvalue weighted by Crippen LogP contribution is 2.15. The van der Waals surface area contributed by atoms with Crippen LogP contribution in [-0.2, 0) is 16.5 Å². The first kappa shape index (κ1) is 12.5. The highest BCUT2D eigenvalue weighted by molar-refractivity contribution is 9.08. The standard InChI is InChI=1S/C8H9BrF3NO2/c9-3-6-7(15-5-13-6)1-2-14-4-8(10,11)12/h5H,1-4H2. The average molecular weight is 288 g/mol. The van der Waals surface area contributed by atoms with Gasteiger partial charge in [-0.2, -0.15) is 13.2 Å². The van der Waals surface area contributed by atoms with E-state index in [2.05, 4.69) is 25.7 Å². The Hall–Kier alpha value is -0.560. The number of halogens is 4. The van der Waals surface area contributed by atoms with Gasteiger partial charge in [-0.1, -0.05) is 15.9 Å². The van der Waals surface area contributed by atoms with Crippen LogP contribution in [0.25, 0.3) is 0 Å². The van der Waals surface area contributed by atoms with Crippen molar-refractivity contribution in [1.29, 1.82) is 0 Å². The van der Waals surface area contributed by atoms with E-state index in [-0.39, 0.29) is 13.0 Å². The molecule has 1 aromatic rings. The van der Waals surface area contributed by atoms with Gasteiger partial charge >= 0.3 is 6.18 Å². The molecule has 0 atom stereocenters. The lowest BCUT2D eigenvalue weighted by molar-refractivity contribution is -0.173. The summed E-state index contributed by atoms with van der Waals surface area (Å²) in [4.78, 5) is 3.87. The van der Waals surface area contributed by atoms with Crippen LogP contribution in [0.3, 0.4) is 0 Å². The Labute approximate surface area is 92.7 Å². The fourth-order valence-electron chi connectivity index (χ4n) is 0.959. The summed E-state index contributed by atoms with van der Waals surface area (Å²) in [7, 11) is 0. The second-order valence-electron chi connectivity index (χ2n) is 2.77. The van der Waals surface area contributed by atoms with Crippen molar-refractivity contribution in [2.75, 3.05) is 13.2 Å². The van der Waals surface area contributed by atoms with Crippen molar-refractivity contribution in [2.24, 2.45) is 0 Å². The SMILES string of the molecule is FC(F)(F)COCCc1ocnc1CBr. The van der Waals surface area contributed by atoms with E-state index in [0.29, 0.717) is 16.8 Å². The van der Waals surface area contributed by atoms with Crippen LogP contribution in [0.4, 0.5) is 13.2 Å². The molecule has 0 amide bonds. The molecule has 0 aliphatic rings. The van der Waals surface area contributed by atoms with Crippen LogP contribution < -0.4 is 0 Å². The molecule has 1 heterocycles. The molecular formula is C8H9BrF3NO2. The van der Waals surface area contributed by atoms with Gasteiger partial charge in [-0.05, 0) is 0 Å². The van der Waals surface area contributed by atoms with E-state index >= 15 is 0 Å².